The molecule has 1 amide bonds. The van der Waals surface area contributed by atoms with Gasteiger partial charge >= 0.3 is 0 Å². The number of halogens is 1. The predicted molar refractivity (Wildman–Crippen MR) is 82.1 cm³/mol. The zero-order chi connectivity index (χ0) is 15.5. The average molecular weight is 302 g/mol. The standard InChI is InChI=1S/C16H19FN4O/c1-13(21-8-2-7-18-21)16(22)20-11-9-19(10-12-20)15-5-3-14(17)4-6-15/h2-8,13H,9-12H2,1H3. The SMILES string of the molecule is CC(C(=O)N1CCN(c2ccc(F)cc2)CC1)n1cccn1. The predicted octanol–water partition coefficient (Wildman–Crippen LogP) is 1.93. The van der Waals surface area contributed by atoms with Crippen molar-refractivity contribution >= 4 is 11.6 Å². The highest BCUT2D eigenvalue weighted by atomic mass is 19.1. The van der Waals surface area contributed by atoms with Gasteiger partial charge < -0.3 is 9.80 Å². The summed E-state index contributed by atoms with van der Waals surface area (Å²) in [5.41, 5.74) is 0.994. The molecule has 6 heteroatoms. The van der Waals surface area contributed by atoms with Crippen LogP contribution < -0.4 is 4.90 Å². The fourth-order valence-corrected chi connectivity index (χ4v) is 2.72. The lowest BCUT2D eigenvalue weighted by Gasteiger charge is -2.37. The fourth-order valence-electron chi connectivity index (χ4n) is 2.72. The van der Waals surface area contributed by atoms with E-state index in [-0.39, 0.29) is 17.8 Å². The topological polar surface area (TPSA) is 41.4 Å². The first-order valence-electron chi connectivity index (χ1n) is 7.43. The Morgan fingerprint density at radius 3 is 2.45 bits per heavy atom. The van der Waals surface area contributed by atoms with E-state index in [1.54, 1.807) is 29.2 Å². The van der Waals surface area contributed by atoms with E-state index in [2.05, 4.69) is 10.00 Å². The first-order valence-corrected chi connectivity index (χ1v) is 7.43. The largest absolute Gasteiger partial charge is 0.368 e. The number of hydrogen-bond acceptors (Lipinski definition) is 3. The molecule has 0 bridgehead atoms. The molecule has 1 aliphatic heterocycles. The van der Waals surface area contributed by atoms with Crippen molar-refractivity contribution in [3.8, 4) is 0 Å². The third kappa shape index (κ3) is 2.95. The van der Waals surface area contributed by atoms with Crippen molar-refractivity contribution < 1.29 is 9.18 Å². The Morgan fingerprint density at radius 1 is 1.18 bits per heavy atom. The lowest BCUT2D eigenvalue weighted by molar-refractivity contribution is -0.134. The smallest absolute Gasteiger partial charge is 0.247 e. The lowest BCUT2D eigenvalue weighted by Crippen LogP contribution is -2.50. The third-order valence-electron chi connectivity index (χ3n) is 4.06. The number of carbonyl (C=O) groups is 1. The highest BCUT2D eigenvalue weighted by Gasteiger charge is 2.26. The van der Waals surface area contributed by atoms with Gasteiger partial charge in [0.1, 0.15) is 11.9 Å². The first-order chi connectivity index (χ1) is 10.6. The molecular weight excluding hydrogens is 283 g/mol. The first kappa shape index (κ1) is 14.6. The molecule has 0 radical (unpaired) electrons. The van der Waals surface area contributed by atoms with E-state index in [1.807, 2.05) is 17.9 Å². The van der Waals surface area contributed by atoms with Crippen molar-refractivity contribution in [2.24, 2.45) is 0 Å². The Bertz CT molecular complexity index is 618. The molecule has 116 valence electrons. The van der Waals surface area contributed by atoms with Gasteiger partial charge in [-0.3, -0.25) is 9.48 Å². The number of nitrogens with zero attached hydrogens (tertiary/aromatic N) is 4. The monoisotopic (exact) mass is 302 g/mol. The van der Waals surface area contributed by atoms with E-state index in [4.69, 9.17) is 0 Å². The second-order valence-corrected chi connectivity index (χ2v) is 5.45. The van der Waals surface area contributed by atoms with Gasteiger partial charge in [-0.1, -0.05) is 0 Å². The Morgan fingerprint density at radius 2 is 1.86 bits per heavy atom. The minimum atomic E-state index is -0.285. The molecule has 1 aromatic carbocycles. The van der Waals surface area contributed by atoms with Crippen LogP contribution in [0.1, 0.15) is 13.0 Å². The zero-order valence-electron chi connectivity index (χ0n) is 12.5. The summed E-state index contributed by atoms with van der Waals surface area (Å²) < 4.78 is 14.6. The zero-order valence-corrected chi connectivity index (χ0v) is 12.5. The Kier molecular flexibility index (Phi) is 4.09. The number of rotatable bonds is 3. The molecule has 2 aromatic rings. The van der Waals surface area contributed by atoms with Gasteiger partial charge in [0, 0.05) is 44.3 Å². The van der Waals surface area contributed by atoms with Crippen LogP contribution in [0.3, 0.4) is 0 Å². The molecule has 5 nitrogen and oxygen atoms in total. The van der Waals surface area contributed by atoms with E-state index in [0.29, 0.717) is 13.1 Å². The minimum absolute atomic E-state index is 0.0856. The normalized spacial score (nSPS) is 16.6. The van der Waals surface area contributed by atoms with Crippen LogP contribution in [-0.4, -0.2) is 46.8 Å². The molecule has 2 heterocycles. The molecule has 0 aliphatic carbocycles. The van der Waals surface area contributed by atoms with Crippen molar-refractivity contribution in [1.82, 2.24) is 14.7 Å². The Labute approximate surface area is 128 Å². The molecule has 0 N–H and O–H groups in total. The van der Waals surface area contributed by atoms with Crippen LogP contribution in [0, 0.1) is 5.82 Å². The highest BCUT2D eigenvalue weighted by Crippen LogP contribution is 2.18. The van der Waals surface area contributed by atoms with Gasteiger partial charge in [-0.25, -0.2) is 4.39 Å². The van der Waals surface area contributed by atoms with Crippen LogP contribution in [-0.2, 0) is 4.79 Å². The second kappa shape index (κ2) is 6.17. The summed E-state index contributed by atoms with van der Waals surface area (Å²) in [6.07, 6.45) is 3.48. The average Bonchev–Trinajstić information content (AvgIpc) is 3.09. The van der Waals surface area contributed by atoms with E-state index in [0.717, 1.165) is 18.8 Å². The van der Waals surface area contributed by atoms with Gasteiger partial charge in [-0.15, -0.1) is 0 Å². The summed E-state index contributed by atoms with van der Waals surface area (Å²) in [5, 5.41) is 4.13. The number of piperazine rings is 1. The maximum atomic E-state index is 13.0. The summed E-state index contributed by atoms with van der Waals surface area (Å²) >= 11 is 0. The van der Waals surface area contributed by atoms with Crippen LogP contribution in [0.2, 0.25) is 0 Å². The molecule has 1 aromatic heterocycles. The molecule has 1 atom stereocenters. The van der Waals surface area contributed by atoms with Gasteiger partial charge in [0.05, 0.1) is 0 Å². The van der Waals surface area contributed by atoms with E-state index in [1.165, 1.54) is 12.1 Å². The number of benzene rings is 1. The maximum Gasteiger partial charge on any atom is 0.247 e. The van der Waals surface area contributed by atoms with Crippen molar-refractivity contribution in [3.05, 3.63) is 48.5 Å². The van der Waals surface area contributed by atoms with Crippen molar-refractivity contribution in [2.75, 3.05) is 31.1 Å². The summed E-state index contributed by atoms with van der Waals surface area (Å²) in [4.78, 5) is 16.5. The number of anilines is 1. The third-order valence-corrected chi connectivity index (χ3v) is 4.06. The number of aromatic nitrogens is 2. The van der Waals surface area contributed by atoms with Crippen LogP contribution in [0.5, 0.6) is 0 Å². The quantitative estimate of drug-likeness (QED) is 0.870. The van der Waals surface area contributed by atoms with Crippen LogP contribution >= 0.6 is 0 Å². The van der Waals surface area contributed by atoms with E-state index >= 15 is 0 Å². The second-order valence-electron chi connectivity index (χ2n) is 5.45. The van der Waals surface area contributed by atoms with Gasteiger partial charge in [-0.05, 0) is 37.3 Å². The Balaban J connectivity index is 1.59. The summed E-state index contributed by atoms with van der Waals surface area (Å²) in [5.74, 6) is -0.145. The van der Waals surface area contributed by atoms with E-state index in [9.17, 15) is 9.18 Å². The molecule has 22 heavy (non-hydrogen) atoms. The van der Waals surface area contributed by atoms with Gasteiger partial charge in [0.2, 0.25) is 5.91 Å². The minimum Gasteiger partial charge on any atom is -0.368 e. The van der Waals surface area contributed by atoms with Crippen molar-refractivity contribution in [2.45, 2.75) is 13.0 Å². The number of amides is 1. The van der Waals surface area contributed by atoms with Crippen LogP contribution in [0.25, 0.3) is 0 Å². The lowest BCUT2D eigenvalue weighted by atomic mass is 10.2. The maximum absolute atomic E-state index is 13.0. The van der Waals surface area contributed by atoms with Gasteiger partial charge in [-0.2, -0.15) is 5.10 Å². The number of carbonyl (C=O) groups excluding carboxylic acids is 1. The summed E-state index contributed by atoms with van der Waals surface area (Å²) in [7, 11) is 0. The molecule has 0 saturated carbocycles. The van der Waals surface area contributed by atoms with Gasteiger partial charge in [0.15, 0.2) is 0 Å². The van der Waals surface area contributed by atoms with Crippen molar-refractivity contribution in [1.29, 1.82) is 0 Å². The summed E-state index contributed by atoms with van der Waals surface area (Å²) in [6, 6.07) is 8.01. The number of hydrogen-bond donors (Lipinski definition) is 0. The fraction of sp³-hybridized carbons (Fsp3) is 0.375. The van der Waals surface area contributed by atoms with Gasteiger partial charge in [0.25, 0.3) is 0 Å². The van der Waals surface area contributed by atoms with Crippen molar-refractivity contribution in [3.63, 3.8) is 0 Å². The molecule has 1 fully saturated rings. The summed E-state index contributed by atoms with van der Waals surface area (Å²) in [6.45, 7) is 4.71. The Hall–Kier alpha value is -2.37. The molecule has 1 unspecified atom stereocenters. The van der Waals surface area contributed by atoms with E-state index < -0.39 is 0 Å². The van der Waals surface area contributed by atoms with Crippen LogP contribution in [0.15, 0.2) is 42.7 Å². The molecule has 3 rings (SSSR count). The molecular formula is C16H19FN4O. The highest BCUT2D eigenvalue weighted by molar-refractivity contribution is 5.80. The molecule has 0 spiro atoms. The molecule has 1 saturated heterocycles. The molecule has 1 aliphatic rings. The van der Waals surface area contributed by atoms with Crippen LogP contribution in [0.4, 0.5) is 10.1 Å².